The number of hydrogen-bond donors (Lipinski definition) is 0. The fourth-order valence-electron chi connectivity index (χ4n) is 2.05. The molecule has 0 bridgehead atoms. The Labute approximate surface area is 115 Å². The molecule has 1 aromatic heterocycles. The number of aromatic nitrogens is 2. The van der Waals surface area contributed by atoms with Crippen LogP contribution < -0.4 is 0 Å². The first-order chi connectivity index (χ1) is 9.31. The fraction of sp³-hybridized carbons (Fsp3) is 0.0667. The highest BCUT2D eigenvalue weighted by Gasteiger charge is 2.17. The SMILES string of the molecule is CSc1nc2ccccc2n1C(=O)c1ccccc1. The highest BCUT2D eigenvalue weighted by atomic mass is 32.2. The van der Waals surface area contributed by atoms with Crippen molar-refractivity contribution < 1.29 is 4.79 Å². The quantitative estimate of drug-likeness (QED) is 0.668. The van der Waals surface area contributed by atoms with E-state index in [9.17, 15) is 4.79 Å². The van der Waals surface area contributed by atoms with Gasteiger partial charge in [-0.2, -0.15) is 0 Å². The number of imidazole rings is 1. The lowest BCUT2D eigenvalue weighted by atomic mass is 10.2. The minimum Gasteiger partial charge on any atom is -0.268 e. The number of rotatable bonds is 2. The molecule has 0 N–H and O–H groups in total. The van der Waals surface area contributed by atoms with Crippen molar-refractivity contribution in [2.45, 2.75) is 5.16 Å². The minimum absolute atomic E-state index is 0.0429. The summed E-state index contributed by atoms with van der Waals surface area (Å²) in [5.41, 5.74) is 2.36. The van der Waals surface area contributed by atoms with Gasteiger partial charge in [0.05, 0.1) is 11.0 Å². The number of carbonyl (C=O) groups excluding carboxylic acids is 1. The van der Waals surface area contributed by atoms with E-state index >= 15 is 0 Å². The third-order valence-corrected chi connectivity index (χ3v) is 3.58. The van der Waals surface area contributed by atoms with Crippen molar-refractivity contribution in [1.29, 1.82) is 0 Å². The average Bonchev–Trinajstić information content (AvgIpc) is 2.86. The maximum Gasteiger partial charge on any atom is 0.264 e. The second-order valence-corrected chi connectivity index (χ2v) is 4.87. The highest BCUT2D eigenvalue weighted by Crippen LogP contribution is 2.23. The van der Waals surface area contributed by atoms with Gasteiger partial charge in [0.1, 0.15) is 0 Å². The molecule has 3 nitrogen and oxygen atoms in total. The van der Waals surface area contributed by atoms with Gasteiger partial charge in [0, 0.05) is 5.56 Å². The average molecular weight is 268 g/mol. The molecular formula is C15H12N2OS. The summed E-state index contributed by atoms with van der Waals surface area (Å²) in [6.45, 7) is 0. The van der Waals surface area contributed by atoms with Gasteiger partial charge >= 0.3 is 0 Å². The smallest absolute Gasteiger partial charge is 0.264 e. The van der Waals surface area contributed by atoms with E-state index in [0.29, 0.717) is 5.56 Å². The number of nitrogens with zero attached hydrogens (tertiary/aromatic N) is 2. The molecule has 2 aromatic carbocycles. The Bertz CT molecular complexity index is 734. The van der Waals surface area contributed by atoms with Gasteiger partial charge in [-0.05, 0) is 30.5 Å². The summed E-state index contributed by atoms with van der Waals surface area (Å²) in [5, 5.41) is 0.718. The van der Waals surface area contributed by atoms with E-state index in [1.165, 1.54) is 11.8 Å². The molecule has 0 aliphatic rings. The molecule has 0 atom stereocenters. The van der Waals surface area contributed by atoms with Crippen LogP contribution in [0.3, 0.4) is 0 Å². The molecule has 3 aromatic rings. The second-order valence-electron chi connectivity index (χ2n) is 4.09. The third-order valence-electron chi connectivity index (χ3n) is 2.94. The van der Waals surface area contributed by atoms with Crippen LogP contribution in [0.15, 0.2) is 59.8 Å². The number of hydrogen-bond acceptors (Lipinski definition) is 3. The van der Waals surface area contributed by atoms with Crippen LogP contribution >= 0.6 is 11.8 Å². The van der Waals surface area contributed by atoms with Gasteiger partial charge in [0.25, 0.3) is 5.91 Å². The Hall–Kier alpha value is -2.07. The molecular weight excluding hydrogens is 256 g/mol. The maximum absolute atomic E-state index is 12.6. The van der Waals surface area contributed by atoms with E-state index in [2.05, 4.69) is 4.98 Å². The lowest BCUT2D eigenvalue weighted by molar-refractivity contribution is 0.0955. The van der Waals surface area contributed by atoms with E-state index in [-0.39, 0.29) is 5.91 Å². The van der Waals surface area contributed by atoms with Gasteiger partial charge in [-0.3, -0.25) is 9.36 Å². The molecule has 0 amide bonds. The zero-order valence-electron chi connectivity index (χ0n) is 10.4. The molecule has 94 valence electrons. The van der Waals surface area contributed by atoms with Gasteiger partial charge in [0.15, 0.2) is 5.16 Å². The van der Waals surface area contributed by atoms with Crippen LogP contribution in [-0.2, 0) is 0 Å². The zero-order valence-corrected chi connectivity index (χ0v) is 11.2. The maximum atomic E-state index is 12.6. The van der Waals surface area contributed by atoms with Crippen molar-refractivity contribution >= 4 is 28.7 Å². The largest absolute Gasteiger partial charge is 0.268 e. The summed E-state index contributed by atoms with van der Waals surface area (Å²) in [7, 11) is 0. The summed E-state index contributed by atoms with van der Waals surface area (Å²) in [4.78, 5) is 17.1. The van der Waals surface area contributed by atoms with Gasteiger partial charge in [-0.25, -0.2) is 4.98 Å². The molecule has 0 spiro atoms. The van der Waals surface area contributed by atoms with E-state index in [1.807, 2.05) is 60.9 Å². The van der Waals surface area contributed by atoms with Crippen molar-refractivity contribution in [1.82, 2.24) is 9.55 Å². The number of thioether (sulfide) groups is 1. The molecule has 0 unspecified atom stereocenters. The number of fused-ring (bicyclic) bond motifs is 1. The van der Waals surface area contributed by atoms with Crippen LogP contribution in [-0.4, -0.2) is 21.7 Å². The van der Waals surface area contributed by atoms with Crippen LogP contribution in [0.1, 0.15) is 10.4 Å². The van der Waals surface area contributed by atoms with Gasteiger partial charge < -0.3 is 0 Å². The van der Waals surface area contributed by atoms with Gasteiger partial charge in [-0.1, -0.05) is 42.1 Å². The van der Waals surface area contributed by atoms with Crippen molar-refractivity contribution in [2.75, 3.05) is 6.26 Å². The van der Waals surface area contributed by atoms with Crippen molar-refractivity contribution in [3.8, 4) is 0 Å². The zero-order chi connectivity index (χ0) is 13.2. The Morgan fingerprint density at radius 1 is 1.05 bits per heavy atom. The molecule has 0 saturated heterocycles. The lowest BCUT2D eigenvalue weighted by Crippen LogP contribution is -2.12. The highest BCUT2D eigenvalue weighted by molar-refractivity contribution is 7.98. The molecule has 0 fully saturated rings. The Morgan fingerprint density at radius 3 is 2.47 bits per heavy atom. The Balaban J connectivity index is 2.21. The molecule has 4 heteroatoms. The number of carbonyl (C=O) groups is 1. The van der Waals surface area contributed by atoms with Gasteiger partial charge in [-0.15, -0.1) is 0 Å². The monoisotopic (exact) mass is 268 g/mol. The van der Waals surface area contributed by atoms with Crippen LogP contribution in [0.5, 0.6) is 0 Å². The van der Waals surface area contributed by atoms with Gasteiger partial charge in [0.2, 0.25) is 0 Å². The van der Waals surface area contributed by atoms with E-state index < -0.39 is 0 Å². The summed E-state index contributed by atoms with van der Waals surface area (Å²) < 4.78 is 1.68. The van der Waals surface area contributed by atoms with Crippen LogP contribution in [0, 0.1) is 0 Å². The summed E-state index contributed by atoms with van der Waals surface area (Å²) in [6.07, 6.45) is 1.93. The van der Waals surface area contributed by atoms with E-state index in [0.717, 1.165) is 16.2 Å². The third kappa shape index (κ3) is 2.04. The Kier molecular flexibility index (Phi) is 3.09. The minimum atomic E-state index is -0.0429. The standard InChI is InChI=1S/C15H12N2OS/c1-19-15-16-12-9-5-6-10-13(12)17(15)14(18)11-7-3-2-4-8-11/h2-10H,1H3. The summed E-state index contributed by atoms with van der Waals surface area (Å²) >= 11 is 1.48. The first-order valence-electron chi connectivity index (χ1n) is 5.92. The lowest BCUT2D eigenvalue weighted by Gasteiger charge is -2.05. The topological polar surface area (TPSA) is 34.9 Å². The predicted molar refractivity (Wildman–Crippen MR) is 77.7 cm³/mol. The van der Waals surface area contributed by atoms with Crippen LogP contribution in [0.2, 0.25) is 0 Å². The fourth-order valence-corrected chi connectivity index (χ4v) is 2.60. The molecule has 3 rings (SSSR count). The molecule has 0 saturated carbocycles. The molecule has 0 aliphatic heterocycles. The van der Waals surface area contributed by atoms with E-state index in [4.69, 9.17) is 0 Å². The number of para-hydroxylation sites is 2. The predicted octanol–water partition coefficient (Wildman–Crippen LogP) is 3.45. The van der Waals surface area contributed by atoms with E-state index in [1.54, 1.807) is 4.57 Å². The van der Waals surface area contributed by atoms with Crippen LogP contribution in [0.25, 0.3) is 11.0 Å². The summed E-state index contributed by atoms with van der Waals surface area (Å²) in [6, 6.07) is 17.0. The first kappa shape index (κ1) is 12.0. The molecule has 0 aliphatic carbocycles. The molecule has 1 heterocycles. The van der Waals surface area contributed by atoms with Crippen molar-refractivity contribution in [3.63, 3.8) is 0 Å². The number of benzene rings is 2. The summed E-state index contributed by atoms with van der Waals surface area (Å²) in [5.74, 6) is -0.0429. The molecule has 0 radical (unpaired) electrons. The van der Waals surface area contributed by atoms with Crippen LogP contribution in [0.4, 0.5) is 0 Å². The normalized spacial score (nSPS) is 10.8. The first-order valence-corrected chi connectivity index (χ1v) is 7.15. The van der Waals surface area contributed by atoms with Crippen molar-refractivity contribution in [3.05, 3.63) is 60.2 Å². The second kappa shape index (κ2) is 4.90. The van der Waals surface area contributed by atoms with Crippen molar-refractivity contribution in [2.24, 2.45) is 0 Å². The Morgan fingerprint density at radius 2 is 1.74 bits per heavy atom. The molecule has 19 heavy (non-hydrogen) atoms.